The van der Waals surface area contributed by atoms with Gasteiger partial charge in [0.1, 0.15) is 0 Å². The molecule has 0 saturated heterocycles. The molecule has 4 nitrogen and oxygen atoms in total. The second kappa shape index (κ2) is 4.81. The van der Waals surface area contributed by atoms with Crippen LogP contribution in [-0.4, -0.2) is 4.98 Å². The molecule has 2 aromatic carbocycles. The molecule has 2 N–H and O–H groups in total. The predicted molar refractivity (Wildman–Crippen MR) is 82.6 cm³/mol. The van der Waals surface area contributed by atoms with Crippen LogP contribution in [0.25, 0.3) is 11.1 Å². The Morgan fingerprint density at radius 3 is 3.05 bits per heavy atom. The summed E-state index contributed by atoms with van der Waals surface area (Å²) in [6.45, 7) is 0. The van der Waals surface area contributed by atoms with E-state index in [2.05, 4.69) is 34.6 Å². The minimum Gasteiger partial charge on any atom is -0.408 e. The van der Waals surface area contributed by atoms with Crippen molar-refractivity contribution in [2.45, 2.75) is 25.3 Å². The molecule has 1 heterocycles. The number of aromatic amines is 1. The van der Waals surface area contributed by atoms with Gasteiger partial charge in [0.2, 0.25) is 0 Å². The third-order valence-corrected chi connectivity index (χ3v) is 4.13. The number of H-pyrrole nitrogens is 1. The van der Waals surface area contributed by atoms with Crippen LogP contribution in [0, 0.1) is 0 Å². The van der Waals surface area contributed by atoms with Crippen molar-refractivity contribution in [1.82, 2.24) is 4.98 Å². The summed E-state index contributed by atoms with van der Waals surface area (Å²) >= 11 is 0. The highest BCUT2D eigenvalue weighted by atomic mass is 16.4. The SMILES string of the molecule is O=c1[nH]c2cc(NC3CCCc4ccccc43)ccc2o1. The molecule has 0 bridgehead atoms. The summed E-state index contributed by atoms with van der Waals surface area (Å²) in [5.74, 6) is -0.412. The quantitative estimate of drug-likeness (QED) is 0.754. The molecule has 1 aliphatic carbocycles. The first-order valence-corrected chi connectivity index (χ1v) is 7.27. The van der Waals surface area contributed by atoms with Crippen molar-refractivity contribution in [1.29, 1.82) is 0 Å². The maximum atomic E-state index is 11.2. The first kappa shape index (κ1) is 12.3. The first-order chi connectivity index (χ1) is 10.3. The molecule has 4 rings (SSSR count). The molecule has 0 fully saturated rings. The number of oxazole rings is 1. The van der Waals surface area contributed by atoms with Crippen molar-refractivity contribution >= 4 is 16.8 Å². The van der Waals surface area contributed by atoms with Gasteiger partial charge in [-0.25, -0.2) is 4.79 Å². The van der Waals surface area contributed by atoms with Gasteiger partial charge in [-0.3, -0.25) is 4.98 Å². The fourth-order valence-corrected chi connectivity index (χ4v) is 3.15. The minimum absolute atomic E-state index is 0.325. The van der Waals surface area contributed by atoms with Crippen LogP contribution in [0.15, 0.2) is 51.7 Å². The lowest BCUT2D eigenvalue weighted by molar-refractivity contribution is 0.555. The van der Waals surface area contributed by atoms with Gasteiger partial charge in [0.15, 0.2) is 5.58 Å². The molecule has 0 amide bonds. The Morgan fingerprint density at radius 1 is 1.19 bits per heavy atom. The molecule has 3 aromatic rings. The summed E-state index contributed by atoms with van der Waals surface area (Å²) < 4.78 is 5.03. The van der Waals surface area contributed by atoms with Crippen LogP contribution in [0.1, 0.15) is 30.0 Å². The van der Waals surface area contributed by atoms with Gasteiger partial charge in [-0.2, -0.15) is 0 Å². The maximum absolute atomic E-state index is 11.2. The number of fused-ring (bicyclic) bond motifs is 2. The van der Waals surface area contributed by atoms with E-state index >= 15 is 0 Å². The number of benzene rings is 2. The van der Waals surface area contributed by atoms with Gasteiger partial charge in [-0.1, -0.05) is 24.3 Å². The summed E-state index contributed by atoms with van der Waals surface area (Å²) in [6, 6.07) is 14.6. The molecule has 21 heavy (non-hydrogen) atoms. The van der Waals surface area contributed by atoms with Crippen LogP contribution < -0.4 is 11.1 Å². The van der Waals surface area contributed by atoms with Crippen LogP contribution in [0.4, 0.5) is 5.69 Å². The van der Waals surface area contributed by atoms with Crippen molar-refractivity contribution in [3.63, 3.8) is 0 Å². The lowest BCUT2D eigenvalue weighted by atomic mass is 9.87. The Labute approximate surface area is 121 Å². The number of hydrogen-bond donors (Lipinski definition) is 2. The van der Waals surface area contributed by atoms with Gasteiger partial charge in [-0.15, -0.1) is 0 Å². The van der Waals surface area contributed by atoms with E-state index in [1.54, 1.807) is 0 Å². The zero-order chi connectivity index (χ0) is 14.2. The topological polar surface area (TPSA) is 58.0 Å². The van der Waals surface area contributed by atoms with Crippen LogP contribution in [0.2, 0.25) is 0 Å². The highest BCUT2D eigenvalue weighted by Gasteiger charge is 2.19. The van der Waals surface area contributed by atoms with E-state index in [1.807, 2.05) is 18.2 Å². The molecular weight excluding hydrogens is 264 g/mol. The lowest BCUT2D eigenvalue weighted by Crippen LogP contribution is -2.17. The Hall–Kier alpha value is -2.49. The average molecular weight is 280 g/mol. The van der Waals surface area contributed by atoms with E-state index < -0.39 is 5.76 Å². The fourth-order valence-electron chi connectivity index (χ4n) is 3.15. The second-order valence-electron chi connectivity index (χ2n) is 5.51. The fraction of sp³-hybridized carbons (Fsp3) is 0.235. The maximum Gasteiger partial charge on any atom is 0.417 e. The van der Waals surface area contributed by atoms with E-state index in [1.165, 1.54) is 17.5 Å². The number of aryl methyl sites for hydroxylation is 1. The van der Waals surface area contributed by atoms with E-state index in [9.17, 15) is 4.79 Å². The van der Waals surface area contributed by atoms with Crippen molar-refractivity contribution < 1.29 is 4.42 Å². The van der Waals surface area contributed by atoms with Crippen LogP contribution in [-0.2, 0) is 6.42 Å². The average Bonchev–Trinajstić information content (AvgIpc) is 2.87. The molecule has 1 atom stereocenters. The molecule has 106 valence electrons. The zero-order valence-corrected chi connectivity index (χ0v) is 11.6. The Morgan fingerprint density at radius 2 is 2.10 bits per heavy atom. The number of nitrogens with one attached hydrogen (secondary N) is 2. The lowest BCUT2D eigenvalue weighted by Gasteiger charge is -2.27. The van der Waals surface area contributed by atoms with Crippen molar-refractivity contribution in [3.05, 3.63) is 64.1 Å². The number of aromatic nitrogens is 1. The zero-order valence-electron chi connectivity index (χ0n) is 11.6. The third kappa shape index (κ3) is 2.23. The van der Waals surface area contributed by atoms with Crippen molar-refractivity contribution in [2.24, 2.45) is 0 Å². The highest BCUT2D eigenvalue weighted by Crippen LogP contribution is 2.32. The number of anilines is 1. The van der Waals surface area contributed by atoms with Gasteiger partial charge >= 0.3 is 5.76 Å². The van der Waals surface area contributed by atoms with Gasteiger partial charge in [-0.05, 0) is 48.6 Å². The summed E-state index contributed by atoms with van der Waals surface area (Å²) in [5, 5.41) is 3.57. The molecular formula is C17H16N2O2. The molecule has 4 heteroatoms. The molecule has 0 aliphatic heterocycles. The van der Waals surface area contributed by atoms with E-state index in [4.69, 9.17) is 4.42 Å². The minimum atomic E-state index is -0.412. The largest absolute Gasteiger partial charge is 0.417 e. The molecule has 1 aromatic heterocycles. The van der Waals surface area contributed by atoms with E-state index in [0.29, 0.717) is 11.6 Å². The number of hydrogen-bond acceptors (Lipinski definition) is 3. The van der Waals surface area contributed by atoms with Gasteiger partial charge in [0.25, 0.3) is 0 Å². The summed E-state index contributed by atoms with van der Waals surface area (Å²) in [4.78, 5) is 13.9. The molecule has 1 aliphatic rings. The van der Waals surface area contributed by atoms with Gasteiger partial charge in [0.05, 0.1) is 11.6 Å². The second-order valence-corrected chi connectivity index (χ2v) is 5.51. The summed E-state index contributed by atoms with van der Waals surface area (Å²) in [7, 11) is 0. The molecule has 0 spiro atoms. The van der Waals surface area contributed by atoms with Crippen LogP contribution >= 0.6 is 0 Å². The van der Waals surface area contributed by atoms with Gasteiger partial charge < -0.3 is 9.73 Å². The van der Waals surface area contributed by atoms with Crippen molar-refractivity contribution in [3.8, 4) is 0 Å². The Kier molecular flexibility index (Phi) is 2.81. The highest BCUT2D eigenvalue weighted by molar-refractivity contribution is 5.77. The third-order valence-electron chi connectivity index (χ3n) is 4.13. The Bertz CT molecular complexity index is 847. The van der Waals surface area contributed by atoms with Gasteiger partial charge in [0, 0.05) is 5.69 Å². The first-order valence-electron chi connectivity index (χ1n) is 7.27. The Balaban J connectivity index is 1.67. The van der Waals surface area contributed by atoms with Crippen LogP contribution in [0.5, 0.6) is 0 Å². The normalized spacial score (nSPS) is 17.6. The molecule has 0 saturated carbocycles. The van der Waals surface area contributed by atoms with Crippen molar-refractivity contribution in [2.75, 3.05) is 5.32 Å². The predicted octanol–water partition coefficient (Wildman–Crippen LogP) is 3.61. The number of rotatable bonds is 2. The monoisotopic (exact) mass is 280 g/mol. The van der Waals surface area contributed by atoms with E-state index in [0.717, 1.165) is 24.0 Å². The molecule has 0 radical (unpaired) electrons. The molecule has 1 unspecified atom stereocenters. The standard InChI is InChI=1S/C17H16N2O2/c20-17-19-15-10-12(8-9-16(15)21-17)18-14-7-3-5-11-4-1-2-6-13(11)14/h1-2,4,6,8-10,14,18H,3,5,7H2,(H,19,20). The summed E-state index contributed by atoms with van der Waals surface area (Å²) in [6.07, 6.45) is 3.47. The smallest absolute Gasteiger partial charge is 0.408 e. The van der Waals surface area contributed by atoms with Crippen LogP contribution in [0.3, 0.4) is 0 Å². The summed E-state index contributed by atoms with van der Waals surface area (Å²) in [5.41, 5.74) is 5.13. The van der Waals surface area contributed by atoms with E-state index in [-0.39, 0.29) is 0 Å².